The molecule has 1 aromatic carbocycles. The van der Waals surface area contributed by atoms with Gasteiger partial charge >= 0.3 is 0 Å². The number of rotatable bonds is 6. The minimum absolute atomic E-state index is 0.0682. The Morgan fingerprint density at radius 1 is 1.37 bits per heavy atom. The van der Waals surface area contributed by atoms with Gasteiger partial charge in [-0.25, -0.2) is 4.98 Å². The smallest absolute Gasteiger partial charge is 0.115 e. The van der Waals surface area contributed by atoms with Crippen LogP contribution in [0.15, 0.2) is 35.7 Å². The lowest BCUT2D eigenvalue weighted by atomic mass is 10.1. The van der Waals surface area contributed by atoms with Crippen LogP contribution in [0, 0.1) is 0 Å². The second-order valence-electron chi connectivity index (χ2n) is 4.40. The third kappa shape index (κ3) is 3.39. The number of aliphatic hydroxyl groups excluding tert-OH is 1. The number of hydrogen-bond acceptors (Lipinski definition) is 5. The number of hydrogen-bond donors (Lipinski definition) is 2. The molecule has 0 aliphatic heterocycles. The highest BCUT2D eigenvalue weighted by Crippen LogP contribution is 2.29. The molecule has 5 heteroatoms. The van der Waals surface area contributed by atoms with Crippen LogP contribution in [0.25, 0.3) is 0 Å². The summed E-state index contributed by atoms with van der Waals surface area (Å²) in [4.78, 5) is 6.68. The van der Waals surface area contributed by atoms with E-state index in [4.69, 9.17) is 10.8 Å². The van der Waals surface area contributed by atoms with Crippen LogP contribution in [0.2, 0.25) is 0 Å². The first-order valence-electron chi connectivity index (χ1n) is 6.26. The number of aromatic nitrogens is 1. The maximum absolute atomic E-state index is 9.15. The Bertz CT molecular complexity index is 500. The second kappa shape index (κ2) is 6.77. The van der Waals surface area contributed by atoms with Gasteiger partial charge < -0.3 is 10.8 Å². The second-order valence-corrected chi connectivity index (χ2v) is 5.29. The van der Waals surface area contributed by atoms with Crippen molar-refractivity contribution in [2.24, 2.45) is 5.73 Å². The van der Waals surface area contributed by atoms with Crippen molar-refractivity contribution in [3.63, 3.8) is 0 Å². The van der Waals surface area contributed by atoms with Gasteiger partial charge in [0.2, 0.25) is 0 Å². The molecule has 102 valence electrons. The number of nitrogens with zero attached hydrogens (tertiary/aromatic N) is 2. The normalized spacial score (nSPS) is 12.8. The van der Waals surface area contributed by atoms with E-state index in [0.29, 0.717) is 13.1 Å². The van der Waals surface area contributed by atoms with Gasteiger partial charge in [0.1, 0.15) is 5.01 Å². The monoisotopic (exact) mass is 277 g/mol. The quantitative estimate of drug-likeness (QED) is 0.842. The lowest BCUT2D eigenvalue weighted by Gasteiger charge is -2.26. The summed E-state index contributed by atoms with van der Waals surface area (Å²) < 4.78 is 0. The summed E-state index contributed by atoms with van der Waals surface area (Å²) in [5.41, 5.74) is 7.72. The first-order chi connectivity index (χ1) is 9.26. The zero-order valence-corrected chi connectivity index (χ0v) is 11.8. The average Bonchev–Trinajstić information content (AvgIpc) is 2.89. The van der Waals surface area contributed by atoms with E-state index in [9.17, 15) is 0 Å². The Balaban J connectivity index is 2.34. The first kappa shape index (κ1) is 14.1. The number of thiazole rings is 1. The molecule has 0 fully saturated rings. The molecule has 19 heavy (non-hydrogen) atoms. The fraction of sp³-hybridized carbons (Fsp3) is 0.357. The largest absolute Gasteiger partial charge is 0.395 e. The fourth-order valence-electron chi connectivity index (χ4n) is 2.05. The first-order valence-corrected chi connectivity index (χ1v) is 7.14. The molecule has 0 aliphatic rings. The fourth-order valence-corrected chi connectivity index (χ4v) is 3.07. The predicted molar refractivity (Wildman–Crippen MR) is 78.0 cm³/mol. The van der Waals surface area contributed by atoms with E-state index in [1.54, 1.807) is 11.3 Å². The molecule has 2 rings (SSSR count). The maximum Gasteiger partial charge on any atom is 0.115 e. The van der Waals surface area contributed by atoms with Crippen LogP contribution in [0.5, 0.6) is 0 Å². The Kier molecular flexibility index (Phi) is 5.04. The minimum atomic E-state index is 0.0682. The van der Waals surface area contributed by atoms with Crippen LogP contribution in [0.4, 0.5) is 0 Å². The highest BCUT2D eigenvalue weighted by Gasteiger charge is 2.21. The van der Waals surface area contributed by atoms with Crippen molar-refractivity contribution in [1.29, 1.82) is 0 Å². The molecule has 0 amide bonds. The summed E-state index contributed by atoms with van der Waals surface area (Å²) in [5.74, 6) is 0. The van der Waals surface area contributed by atoms with Crippen molar-refractivity contribution in [2.75, 3.05) is 20.2 Å². The van der Waals surface area contributed by atoms with Crippen molar-refractivity contribution < 1.29 is 5.11 Å². The summed E-state index contributed by atoms with van der Waals surface area (Å²) in [5, 5.41) is 12.2. The standard InChI is InChI=1S/C14H19N3OS/c1-17(7-8-18)13(11-5-3-2-4-6-11)14-16-12(9-15)10-19-14/h2-6,10,13,18H,7-9,15H2,1H3. The van der Waals surface area contributed by atoms with Gasteiger partial charge in [-0.05, 0) is 12.6 Å². The van der Waals surface area contributed by atoms with Gasteiger partial charge in [0, 0.05) is 18.5 Å². The zero-order chi connectivity index (χ0) is 13.7. The van der Waals surface area contributed by atoms with Gasteiger partial charge in [-0.3, -0.25) is 4.90 Å². The highest BCUT2D eigenvalue weighted by molar-refractivity contribution is 7.09. The van der Waals surface area contributed by atoms with Gasteiger partial charge in [-0.2, -0.15) is 0 Å². The van der Waals surface area contributed by atoms with Crippen LogP contribution >= 0.6 is 11.3 Å². The maximum atomic E-state index is 9.15. The predicted octanol–water partition coefficient (Wildman–Crippen LogP) is 1.62. The number of benzene rings is 1. The van der Waals surface area contributed by atoms with Gasteiger partial charge in [-0.1, -0.05) is 30.3 Å². The molecule has 1 aromatic heterocycles. The summed E-state index contributed by atoms with van der Waals surface area (Å²) in [7, 11) is 2.00. The molecule has 0 aliphatic carbocycles. The van der Waals surface area contributed by atoms with Crippen LogP contribution in [0.1, 0.15) is 22.3 Å². The third-order valence-corrected chi connectivity index (χ3v) is 3.97. The molecule has 3 N–H and O–H groups in total. The van der Waals surface area contributed by atoms with Gasteiger partial charge in [0.25, 0.3) is 0 Å². The minimum Gasteiger partial charge on any atom is -0.395 e. The molecule has 1 heterocycles. The summed E-state index contributed by atoms with van der Waals surface area (Å²) in [6.07, 6.45) is 0. The SMILES string of the molecule is CN(CCO)C(c1ccccc1)c1nc(CN)cs1. The third-order valence-electron chi connectivity index (χ3n) is 3.02. The molecule has 0 saturated heterocycles. The van der Waals surface area contributed by atoms with E-state index in [0.717, 1.165) is 10.7 Å². The molecule has 1 unspecified atom stereocenters. The van der Waals surface area contributed by atoms with Gasteiger partial charge in [-0.15, -0.1) is 11.3 Å². The molecule has 4 nitrogen and oxygen atoms in total. The number of nitrogens with two attached hydrogens (primary N) is 1. The Morgan fingerprint density at radius 3 is 2.68 bits per heavy atom. The topological polar surface area (TPSA) is 62.4 Å². The van der Waals surface area contributed by atoms with Crippen LogP contribution < -0.4 is 5.73 Å². The molecule has 0 saturated carbocycles. The Morgan fingerprint density at radius 2 is 2.11 bits per heavy atom. The van der Waals surface area contributed by atoms with E-state index in [-0.39, 0.29) is 12.6 Å². The number of aliphatic hydroxyl groups is 1. The number of likely N-dealkylation sites (N-methyl/N-ethyl adjacent to an activating group) is 1. The highest BCUT2D eigenvalue weighted by atomic mass is 32.1. The van der Waals surface area contributed by atoms with Crippen molar-refractivity contribution in [3.05, 3.63) is 52.0 Å². The summed E-state index contributed by atoms with van der Waals surface area (Å²) in [6, 6.07) is 10.3. The van der Waals surface area contributed by atoms with Crippen molar-refractivity contribution in [3.8, 4) is 0 Å². The van der Waals surface area contributed by atoms with Gasteiger partial charge in [0.05, 0.1) is 18.3 Å². The molecule has 0 radical (unpaired) electrons. The summed E-state index contributed by atoms with van der Waals surface area (Å²) >= 11 is 1.62. The molecular formula is C14H19N3OS. The van der Waals surface area contributed by atoms with E-state index >= 15 is 0 Å². The lowest BCUT2D eigenvalue weighted by molar-refractivity contribution is 0.197. The van der Waals surface area contributed by atoms with Crippen molar-refractivity contribution in [1.82, 2.24) is 9.88 Å². The van der Waals surface area contributed by atoms with Gasteiger partial charge in [0.15, 0.2) is 0 Å². The molecule has 2 aromatic rings. The Hall–Kier alpha value is -1.27. The summed E-state index contributed by atoms with van der Waals surface area (Å²) in [6.45, 7) is 1.20. The van der Waals surface area contributed by atoms with E-state index in [1.807, 2.05) is 30.6 Å². The van der Waals surface area contributed by atoms with Crippen LogP contribution in [-0.4, -0.2) is 35.2 Å². The zero-order valence-electron chi connectivity index (χ0n) is 11.0. The Labute approximate surface area is 117 Å². The van der Waals surface area contributed by atoms with E-state index in [1.165, 1.54) is 5.56 Å². The molecule has 0 bridgehead atoms. The van der Waals surface area contributed by atoms with E-state index < -0.39 is 0 Å². The van der Waals surface area contributed by atoms with Crippen LogP contribution in [0.3, 0.4) is 0 Å². The average molecular weight is 277 g/mol. The lowest BCUT2D eigenvalue weighted by Crippen LogP contribution is -2.28. The molecule has 1 atom stereocenters. The van der Waals surface area contributed by atoms with Crippen molar-refractivity contribution >= 4 is 11.3 Å². The molecular weight excluding hydrogens is 258 g/mol. The molecule has 0 spiro atoms. The van der Waals surface area contributed by atoms with E-state index in [2.05, 4.69) is 22.0 Å². The van der Waals surface area contributed by atoms with Crippen molar-refractivity contribution in [2.45, 2.75) is 12.6 Å². The van der Waals surface area contributed by atoms with Crippen LogP contribution in [-0.2, 0) is 6.54 Å².